The molecule has 2 aliphatic heterocycles. The zero-order valence-electron chi connectivity index (χ0n) is 19.9. The third-order valence-electron chi connectivity index (χ3n) is 6.82. The molecule has 11 heteroatoms. The number of benzene rings is 1. The summed E-state index contributed by atoms with van der Waals surface area (Å²) in [6, 6.07) is 2.57. The summed E-state index contributed by atoms with van der Waals surface area (Å²) in [5.74, 6) is 0.102. The van der Waals surface area contributed by atoms with Crippen molar-refractivity contribution in [1.82, 2.24) is 9.21 Å². The van der Waals surface area contributed by atoms with Gasteiger partial charge in [-0.2, -0.15) is 16.9 Å². The lowest BCUT2D eigenvalue weighted by Crippen LogP contribution is -2.60. The smallest absolute Gasteiger partial charge is 0.214 e. The number of rotatable bonds is 10. The van der Waals surface area contributed by atoms with E-state index in [1.54, 1.807) is 4.31 Å². The monoisotopic (exact) mass is 538 g/mol. The van der Waals surface area contributed by atoms with E-state index in [0.29, 0.717) is 63.4 Å². The molecule has 0 unspecified atom stereocenters. The highest BCUT2D eigenvalue weighted by Crippen LogP contribution is 2.36. The second-order valence-corrected chi connectivity index (χ2v) is 11.2. The number of halogens is 2. The van der Waals surface area contributed by atoms with Gasteiger partial charge >= 0.3 is 0 Å². The van der Waals surface area contributed by atoms with Crippen molar-refractivity contribution in [3.05, 3.63) is 29.1 Å². The Morgan fingerprint density at radius 1 is 1.21 bits per heavy atom. The van der Waals surface area contributed by atoms with Crippen LogP contribution in [0.15, 0.2) is 12.1 Å². The molecule has 34 heavy (non-hydrogen) atoms. The predicted molar refractivity (Wildman–Crippen MR) is 136 cm³/mol. The van der Waals surface area contributed by atoms with Crippen LogP contribution in [0.5, 0.6) is 5.75 Å². The summed E-state index contributed by atoms with van der Waals surface area (Å²) in [4.78, 5) is 15.6. The van der Waals surface area contributed by atoms with Gasteiger partial charge in [0.25, 0.3) is 0 Å². The quantitative estimate of drug-likeness (QED) is 0.363. The number of Topliss-reactive ketones (excluding diaryl/α,β-unsaturated/α-hetero) is 1. The van der Waals surface area contributed by atoms with Crippen molar-refractivity contribution in [2.45, 2.75) is 50.3 Å². The van der Waals surface area contributed by atoms with Gasteiger partial charge in [-0.15, -0.1) is 12.4 Å². The van der Waals surface area contributed by atoms with Crippen LogP contribution in [0.25, 0.3) is 0 Å². The maximum atomic E-state index is 13.9. The molecule has 0 amide bonds. The van der Waals surface area contributed by atoms with Gasteiger partial charge in [-0.1, -0.05) is 6.92 Å². The van der Waals surface area contributed by atoms with E-state index in [9.17, 15) is 17.6 Å². The average molecular weight is 539 g/mol. The number of methoxy groups -OCH3 is 1. The van der Waals surface area contributed by atoms with Crippen LogP contribution < -0.4 is 4.74 Å². The van der Waals surface area contributed by atoms with Crippen LogP contribution in [0.1, 0.15) is 54.9 Å². The van der Waals surface area contributed by atoms with Crippen LogP contribution in [0.3, 0.4) is 0 Å². The molecule has 0 radical (unpaired) electrons. The van der Waals surface area contributed by atoms with Crippen molar-refractivity contribution in [3.63, 3.8) is 0 Å². The fourth-order valence-corrected chi connectivity index (χ4v) is 6.76. The summed E-state index contributed by atoms with van der Waals surface area (Å²) in [7, 11) is -1.78. The highest BCUT2D eigenvalue weighted by molar-refractivity contribution is 7.89. The predicted octanol–water partition coefficient (Wildman–Crippen LogP) is 3.56. The molecule has 0 N–H and O–H groups in total. The van der Waals surface area contributed by atoms with Crippen LogP contribution in [0.4, 0.5) is 4.39 Å². The first-order valence-electron chi connectivity index (χ1n) is 11.6. The van der Waals surface area contributed by atoms with E-state index < -0.39 is 15.8 Å². The third kappa shape index (κ3) is 6.64. The number of piperazine rings is 1. The molecular weight excluding hydrogens is 503 g/mol. The average Bonchev–Trinajstić information content (AvgIpc) is 2.82. The summed E-state index contributed by atoms with van der Waals surface area (Å²) in [5.41, 5.74) is 0.700. The van der Waals surface area contributed by atoms with Crippen molar-refractivity contribution in [2.24, 2.45) is 0 Å². The first-order valence-corrected chi connectivity index (χ1v) is 13.8. The first kappa shape index (κ1) is 29.3. The van der Waals surface area contributed by atoms with Gasteiger partial charge in [-0.3, -0.25) is 9.69 Å². The molecule has 0 saturated carbocycles. The number of ketones is 1. The second kappa shape index (κ2) is 12.9. The summed E-state index contributed by atoms with van der Waals surface area (Å²) in [6.45, 7) is 5.31. The van der Waals surface area contributed by atoms with Crippen molar-refractivity contribution < 1.29 is 27.1 Å². The van der Waals surface area contributed by atoms with E-state index in [4.69, 9.17) is 9.47 Å². The minimum atomic E-state index is -3.21. The van der Waals surface area contributed by atoms with E-state index >= 15 is 0 Å². The van der Waals surface area contributed by atoms with E-state index in [2.05, 4.69) is 17.5 Å². The Labute approximate surface area is 214 Å². The minimum Gasteiger partial charge on any atom is -0.496 e. The Hall–Kier alpha value is -0.910. The molecule has 0 atom stereocenters. The highest BCUT2D eigenvalue weighted by Gasteiger charge is 2.41. The maximum absolute atomic E-state index is 13.9. The number of ether oxygens (including phenoxy) is 2. The largest absolute Gasteiger partial charge is 0.496 e. The lowest BCUT2D eigenvalue weighted by molar-refractivity contribution is -0.0445. The Bertz CT molecular complexity index is 908. The normalized spacial score (nSPS) is 19.4. The molecule has 0 bridgehead atoms. The number of carbonyl (C=O) groups is 1. The van der Waals surface area contributed by atoms with Gasteiger partial charge < -0.3 is 9.47 Å². The van der Waals surface area contributed by atoms with Gasteiger partial charge in [0, 0.05) is 63.2 Å². The van der Waals surface area contributed by atoms with Crippen LogP contribution in [-0.2, 0) is 20.5 Å². The highest BCUT2D eigenvalue weighted by atomic mass is 35.5. The molecule has 3 rings (SSSR count). The Morgan fingerprint density at radius 3 is 2.41 bits per heavy atom. The molecule has 194 valence electrons. The Kier molecular flexibility index (Phi) is 11.1. The van der Waals surface area contributed by atoms with E-state index in [-0.39, 0.29) is 47.4 Å². The summed E-state index contributed by atoms with van der Waals surface area (Å²) in [6.07, 6.45) is 3.11. The number of nitrogens with zero attached hydrogens (tertiary/aromatic N) is 2. The molecule has 0 aliphatic carbocycles. The fourth-order valence-electron chi connectivity index (χ4n) is 5.01. The number of carbonyl (C=O) groups excluding carboxylic acids is 1. The number of thiol groups is 1. The lowest BCUT2D eigenvalue weighted by atomic mass is 9.81. The molecule has 7 nitrogen and oxygen atoms in total. The molecular formula is C23H36ClFN2O5S2. The molecule has 0 aromatic heterocycles. The Morgan fingerprint density at radius 2 is 1.85 bits per heavy atom. The van der Waals surface area contributed by atoms with Crippen molar-refractivity contribution >= 4 is 40.8 Å². The molecule has 0 spiro atoms. The SMILES string of the molecule is CCCS(=O)(=O)N1CCN(C2(CCC(=O)c3c(CS)cc(F)cc3OC)CCOCC2)CC1.Cl. The molecule has 1 aromatic carbocycles. The van der Waals surface area contributed by atoms with Crippen LogP contribution in [0, 0.1) is 5.82 Å². The van der Waals surface area contributed by atoms with Crippen molar-refractivity contribution in [3.8, 4) is 5.75 Å². The van der Waals surface area contributed by atoms with Crippen LogP contribution in [-0.4, -0.2) is 81.2 Å². The lowest BCUT2D eigenvalue weighted by Gasteiger charge is -2.49. The van der Waals surface area contributed by atoms with E-state index in [0.717, 1.165) is 12.8 Å². The number of sulfonamides is 1. The zero-order valence-corrected chi connectivity index (χ0v) is 22.5. The number of hydrogen-bond donors (Lipinski definition) is 1. The van der Waals surface area contributed by atoms with Crippen molar-refractivity contribution in [1.29, 1.82) is 0 Å². The van der Waals surface area contributed by atoms with Gasteiger partial charge in [-0.25, -0.2) is 12.8 Å². The molecule has 2 aliphatic rings. The van der Waals surface area contributed by atoms with Gasteiger partial charge in [-0.05, 0) is 37.3 Å². The van der Waals surface area contributed by atoms with Crippen LogP contribution >= 0.6 is 25.0 Å². The molecule has 2 fully saturated rings. The molecule has 2 heterocycles. The standard InChI is InChI=1S/C23H35FN2O5S2.ClH/c1-3-14-33(28,29)26-10-8-25(9-11-26)23(6-12-31-13-7-23)5-4-20(27)22-18(17-32)15-19(24)16-21(22)30-2;/h15-16,32H,3-14,17H2,1-2H3;1H. The Balaban J connectivity index is 0.00000408. The maximum Gasteiger partial charge on any atom is 0.214 e. The van der Waals surface area contributed by atoms with Crippen molar-refractivity contribution in [2.75, 3.05) is 52.3 Å². The summed E-state index contributed by atoms with van der Waals surface area (Å²) < 4.78 is 51.3. The summed E-state index contributed by atoms with van der Waals surface area (Å²) >= 11 is 4.27. The second-order valence-electron chi connectivity index (χ2n) is 8.76. The van der Waals surface area contributed by atoms with E-state index in [1.807, 2.05) is 6.92 Å². The summed E-state index contributed by atoms with van der Waals surface area (Å²) in [5, 5.41) is 0. The van der Waals surface area contributed by atoms with E-state index in [1.165, 1.54) is 19.2 Å². The third-order valence-corrected chi connectivity index (χ3v) is 9.24. The fraction of sp³-hybridized carbons (Fsp3) is 0.696. The zero-order chi connectivity index (χ0) is 24.1. The minimum absolute atomic E-state index is 0. The van der Waals surface area contributed by atoms with Crippen LogP contribution in [0.2, 0.25) is 0 Å². The molecule has 2 saturated heterocycles. The number of hydrogen-bond acceptors (Lipinski definition) is 7. The first-order chi connectivity index (χ1) is 15.8. The van der Waals surface area contributed by atoms with Gasteiger partial charge in [0.2, 0.25) is 10.0 Å². The van der Waals surface area contributed by atoms with Gasteiger partial charge in [0.05, 0.1) is 18.4 Å². The molecule has 1 aromatic rings. The van der Waals surface area contributed by atoms with Gasteiger partial charge in [0.15, 0.2) is 5.78 Å². The van der Waals surface area contributed by atoms with Gasteiger partial charge in [0.1, 0.15) is 11.6 Å². The topological polar surface area (TPSA) is 76.2 Å².